The van der Waals surface area contributed by atoms with Crippen LogP contribution in [0.2, 0.25) is 0 Å². The topological polar surface area (TPSA) is 50.7 Å². The number of aromatic nitrogens is 3. The van der Waals surface area contributed by atoms with Crippen LogP contribution in [0.3, 0.4) is 0 Å². The van der Waals surface area contributed by atoms with Crippen LogP contribution in [0.1, 0.15) is 16.1 Å². The van der Waals surface area contributed by atoms with Crippen LogP contribution >= 0.6 is 22.7 Å². The second kappa shape index (κ2) is 4.62. The molecule has 0 spiro atoms. The van der Waals surface area contributed by atoms with Crippen molar-refractivity contribution >= 4 is 38.7 Å². The van der Waals surface area contributed by atoms with Gasteiger partial charge in [0.25, 0.3) is 0 Å². The number of thiazole rings is 1. The van der Waals surface area contributed by atoms with Gasteiger partial charge in [-0.15, -0.1) is 22.7 Å². The Morgan fingerprint density at radius 2 is 2.06 bits per heavy atom. The first kappa shape index (κ1) is 11.6. The quantitative estimate of drug-likeness (QED) is 0.796. The molecule has 0 saturated heterocycles. The Hall–Kier alpha value is -1.53. The molecule has 3 rings (SSSR count). The van der Waals surface area contributed by atoms with Crippen molar-refractivity contribution in [2.75, 3.05) is 5.32 Å². The Labute approximate surface area is 113 Å². The Morgan fingerprint density at radius 1 is 1.17 bits per heavy atom. The Balaban J connectivity index is 1.89. The standard InChI is InChI=1S/C12H12N4S2/c1-7-4-17-11-10(7)14-5-15-12(11)13-3-9-8(2)16-6-18-9/h4-6H,3H2,1-2H3,(H,13,14,15). The van der Waals surface area contributed by atoms with Crippen LogP contribution in [0.5, 0.6) is 0 Å². The zero-order valence-corrected chi connectivity index (χ0v) is 11.7. The molecular formula is C12H12N4S2. The number of rotatable bonds is 3. The van der Waals surface area contributed by atoms with E-state index in [0.717, 1.165) is 28.3 Å². The third kappa shape index (κ3) is 1.97. The van der Waals surface area contributed by atoms with Crippen molar-refractivity contribution in [3.8, 4) is 0 Å². The van der Waals surface area contributed by atoms with Gasteiger partial charge in [-0.25, -0.2) is 15.0 Å². The number of aryl methyl sites for hydroxylation is 2. The van der Waals surface area contributed by atoms with Gasteiger partial charge in [0.05, 0.1) is 28.0 Å². The molecule has 3 aromatic heterocycles. The lowest BCUT2D eigenvalue weighted by Crippen LogP contribution is -2.01. The van der Waals surface area contributed by atoms with Crippen molar-refractivity contribution in [3.63, 3.8) is 0 Å². The number of hydrogen-bond acceptors (Lipinski definition) is 6. The number of thiophene rings is 1. The van der Waals surface area contributed by atoms with Crippen molar-refractivity contribution < 1.29 is 0 Å². The molecular weight excluding hydrogens is 264 g/mol. The molecule has 0 amide bonds. The van der Waals surface area contributed by atoms with Gasteiger partial charge in [-0.3, -0.25) is 0 Å². The van der Waals surface area contributed by atoms with E-state index in [9.17, 15) is 0 Å². The molecule has 0 aliphatic carbocycles. The molecule has 0 bridgehead atoms. The number of hydrogen-bond donors (Lipinski definition) is 1. The van der Waals surface area contributed by atoms with Crippen LogP contribution in [0, 0.1) is 13.8 Å². The fraction of sp³-hybridized carbons (Fsp3) is 0.250. The van der Waals surface area contributed by atoms with Gasteiger partial charge in [-0.2, -0.15) is 0 Å². The minimum Gasteiger partial charge on any atom is -0.364 e. The van der Waals surface area contributed by atoms with Gasteiger partial charge >= 0.3 is 0 Å². The first-order valence-corrected chi connectivity index (χ1v) is 7.33. The molecule has 0 saturated carbocycles. The van der Waals surface area contributed by atoms with Crippen LogP contribution in [0.25, 0.3) is 10.2 Å². The van der Waals surface area contributed by atoms with E-state index in [-0.39, 0.29) is 0 Å². The van der Waals surface area contributed by atoms with E-state index in [1.54, 1.807) is 29.0 Å². The minimum atomic E-state index is 0.763. The largest absolute Gasteiger partial charge is 0.364 e. The van der Waals surface area contributed by atoms with Gasteiger partial charge in [0, 0.05) is 4.88 Å². The van der Waals surface area contributed by atoms with Crippen LogP contribution in [0.15, 0.2) is 17.2 Å². The highest BCUT2D eigenvalue weighted by atomic mass is 32.1. The van der Waals surface area contributed by atoms with Gasteiger partial charge in [0.15, 0.2) is 0 Å². The highest BCUT2D eigenvalue weighted by Crippen LogP contribution is 2.28. The van der Waals surface area contributed by atoms with Crippen molar-refractivity contribution in [1.29, 1.82) is 0 Å². The first-order chi connectivity index (χ1) is 8.75. The monoisotopic (exact) mass is 276 g/mol. The molecule has 92 valence electrons. The van der Waals surface area contributed by atoms with Crippen molar-refractivity contribution in [2.45, 2.75) is 20.4 Å². The summed E-state index contributed by atoms with van der Waals surface area (Å²) < 4.78 is 1.12. The second-order valence-corrected chi connectivity index (χ2v) is 5.85. The van der Waals surface area contributed by atoms with E-state index >= 15 is 0 Å². The van der Waals surface area contributed by atoms with E-state index in [0.29, 0.717) is 0 Å². The second-order valence-electron chi connectivity index (χ2n) is 4.03. The molecule has 6 heteroatoms. The summed E-state index contributed by atoms with van der Waals surface area (Å²) in [5.74, 6) is 0.908. The average molecular weight is 276 g/mol. The van der Waals surface area contributed by atoms with Gasteiger partial charge < -0.3 is 5.32 Å². The summed E-state index contributed by atoms with van der Waals surface area (Å²) in [5, 5.41) is 5.49. The highest BCUT2D eigenvalue weighted by molar-refractivity contribution is 7.18. The van der Waals surface area contributed by atoms with Gasteiger partial charge in [0.2, 0.25) is 0 Å². The van der Waals surface area contributed by atoms with Gasteiger partial charge in [-0.05, 0) is 24.8 Å². The van der Waals surface area contributed by atoms with Crippen LogP contribution < -0.4 is 5.32 Å². The maximum Gasteiger partial charge on any atom is 0.147 e. The predicted octanol–water partition coefficient (Wildman–Crippen LogP) is 3.38. The van der Waals surface area contributed by atoms with E-state index in [4.69, 9.17) is 0 Å². The van der Waals surface area contributed by atoms with Crippen molar-refractivity contribution in [2.24, 2.45) is 0 Å². The Bertz CT molecular complexity index is 686. The number of fused-ring (bicyclic) bond motifs is 1. The summed E-state index contributed by atoms with van der Waals surface area (Å²) in [6.45, 7) is 4.86. The molecule has 18 heavy (non-hydrogen) atoms. The maximum atomic E-state index is 4.32. The summed E-state index contributed by atoms with van der Waals surface area (Å²) in [7, 11) is 0. The van der Waals surface area contributed by atoms with Crippen LogP contribution in [-0.2, 0) is 6.54 Å². The maximum absolute atomic E-state index is 4.32. The van der Waals surface area contributed by atoms with Crippen molar-refractivity contribution in [1.82, 2.24) is 15.0 Å². The summed E-state index contributed by atoms with van der Waals surface area (Å²) in [6, 6.07) is 0. The molecule has 0 fully saturated rings. The lowest BCUT2D eigenvalue weighted by Gasteiger charge is -2.05. The fourth-order valence-electron chi connectivity index (χ4n) is 1.76. The molecule has 1 N–H and O–H groups in total. The van der Waals surface area contributed by atoms with Crippen LogP contribution in [-0.4, -0.2) is 15.0 Å². The molecule has 0 aromatic carbocycles. The Kier molecular flexibility index (Phi) is 2.97. The molecule has 0 radical (unpaired) electrons. The highest BCUT2D eigenvalue weighted by Gasteiger charge is 2.08. The molecule has 0 unspecified atom stereocenters. The predicted molar refractivity (Wildman–Crippen MR) is 76.3 cm³/mol. The average Bonchev–Trinajstić information content (AvgIpc) is 2.95. The lowest BCUT2D eigenvalue weighted by atomic mass is 10.3. The number of nitrogens with one attached hydrogen (secondary N) is 1. The smallest absolute Gasteiger partial charge is 0.147 e. The van der Waals surface area contributed by atoms with Crippen LogP contribution in [0.4, 0.5) is 5.82 Å². The summed E-state index contributed by atoms with van der Waals surface area (Å²) >= 11 is 3.35. The Morgan fingerprint density at radius 3 is 2.83 bits per heavy atom. The molecule has 3 aromatic rings. The number of anilines is 1. The third-order valence-electron chi connectivity index (χ3n) is 2.79. The molecule has 4 nitrogen and oxygen atoms in total. The van der Waals surface area contributed by atoms with E-state index in [1.165, 1.54) is 10.4 Å². The normalized spacial score (nSPS) is 11.0. The lowest BCUT2D eigenvalue weighted by molar-refractivity contribution is 1.09. The van der Waals surface area contributed by atoms with Gasteiger partial charge in [-0.1, -0.05) is 0 Å². The SMILES string of the molecule is Cc1ncsc1CNc1ncnc2c(C)csc12. The molecule has 0 aliphatic rings. The molecule has 0 aliphatic heterocycles. The van der Waals surface area contributed by atoms with Crippen molar-refractivity contribution in [3.05, 3.63) is 33.4 Å². The van der Waals surface area contributed by atoms with E-state index in [1.807, 2.05) is 12.4 Å². The van der Waals surface area contributed by atoms with E-state index in [2.05, 4.69) is 32.6 Å². The summed E-state index contributed by atoms with van der Waals surface area (Å²) in [6.07, 6.45) is 1.61. The van der Waals surface area contributed by atoms with E-state index < -0.39 is 0 Å². The minimum absolute atomic E-state index is 0.763. The third-order valence-corrected chi connectivity index (χ3v) is 4.82. The fourth-order valence-corrected chi connectivity index (χ4v) is 3.44. The first-order valence-electron chi connectivity index (χ1n) is 5.57. The number of nitrogens with zero attached hydrogens (tertiary/aromatic N) is 3. The zero-order valence-electron chi connectivity index (χ0n) is 10.1. The zero-order chi connectivity index (χ0) is 12.5. The summed E-state index contributed by atoms with van der Waals surface area (Å²) in [5.41, 5.74) is 5.20. The van der Waals surface area contributed by atoms with Gasteiger partial charge in [0.1, 0.15) is 12.1 Å². The summed E-state index contributed by atoms with van der Waals surface area (Å²) in [4.78, 5) is 14.1. The molecule has 3 heterocycles. The molecule has 0 atom stereocenters.